The Hall–Kier alpha value is -1.75. The van der Waals surface area contributed by atoms with Gasteiger partial charge in [-0.15, -0.1) is 11.8 Å². The maximum Gasteiger partial charge on any atom is 0.344 e. The standard InChI is InChI=1S/C39H66O4S/c1-3-5-7-9-11-13-15-17-19-21-23-28-32-42-38(40)34-37(44-35-36-30-26-25-27-31-36)39(41)43-33-29-24-22-20-18-16-14-12-10-8-6-4-2/h25-27,30-31,34H,3-24,28-29,32-33,35H2,1-2H3. The summed E-state index contributed by atoms with van der Waals surface area (Å²) in [5.41, 5.74) is 1.10. The Balaban J connectivity index is 2.24. The number of carbonyl (C=O) groups excluding carboxylic acids is 2. The Labute approximate surface area is 275 Å². The van der Waals surface area contributed by atoms with E-state index in [0.29, 0.717) is 23.9 Å². The average molecular weight is 631 g/mol. The minimum Gasteiger partial charge on any atom is -0.462 e. The molecule has 44 heavy (non-hydrogen) atoms. The second kappa shape index (κ2) is 31.2. The lowest BCUT2D eigenvalue weighted by molar-refractivity contribution is -0.140. The Morgan fingerprint density at radius 3 is 1.36 bits per heavy atom. The van der Waals surface area contributed by atoms with Crippen molar-refractivity contribution >= 4 is 23.7 Å². The van der Waals surface area contributed by atoms with Crippen LogP contribution in [0.4, 0.5) is 0 Å². The second-order valence-corrected chi connectivity index (χ2v) is 13.4. The molecule has 0 N–H and O–H groups in total. The van der Waals surface area contributed by atoms with E-state index in [0.717, 1.165) is 31.2 Å². The number of hydrogen-bond donors (Lipinski definition) is 0. The Morgan fingerprint density at radius 2 is 0.932 bits per heavy atom. The molecule has 0 saturated carbocycles. The SMILES string of the molecule is CCCCCCCCCCCCCCOC(=O)C=C(SCc1ccccc1)C(=O)OCCCCCCCCCCCCCC. The fourth-order valence-electron chi connectivity index (χ4n) is 5.34. The predicted molar refractivity (Wildman–Crippen MR) is 190 cm³/mol. The van der Waals surface area contributed by atoms with Gasteiger partial charge in [0.1, 0.15) is 4.91 Å². The van der Waals surface area contributed by atoms with Crippen LogP contribution in [0.15, 0.2) is 41.3 Å². The molecule has 0 radical (unpaired) electrons. The van der Waals surface area contributed by atoms with Crippen LogP contribution in [0.1, 0.15) is 174 Å². The molecule has 252 valence electrons. The van der Waals surface area contributed by atoms with Crippen molar-refractivity contribution < 1.29 is 19.1 Å². The van der Waals surface area contributed by atoms with Crippen LogP contribution in [0.3, 0.4) is 0 Å². The zero-order chi connectivity index (χ0) is 31.8. The topological polar surface area (TPSA) is 52.6 Å². The van der Waals surface area contributed by atoms with E-state index in [2.05, 4.69) is 13.8 Å². The van der Waals surface area contributed by atoms with E-state index >= 15 is 0 Å². The van der Waals surface area contributed by atoms with Crippen LogP contribution in [0, 0.1) is 0 Å². The third-order valence-electron chi connectivity index (χ3n) is 8.16. The number of unbranched alkanes of at least 4 members (excludes halogenated alkanes) is 22. The van der Waals surface area contributed by atoms with E-state index in [1.807, 2.05) is 30.3 Å². The molecule has 1 rings (SSSR count). The highest BCUT2D eigenvalue weighted by Gasteiger charge is 2.15. The molecule has 0 atom stereocenters. The van der Waals surface area contributed by atoms with Crippen LogP contribution < -0.4 is 0 Å². The number of benzene rings is 1. The Morgan fingerprint density at radius 1 is 0.545 bits per heavy atom. The first kappa shape index (κ1) is 40.3. The molecule has 1 aromatic carbocycles. The van der Waals surface area contributed by atoms with Crippen LogP contribution in [-0.2, 0) is 24.8 Å². The van der Waals surface area contributed by atoms with Gasteiger partial charge in [-0.2, -0.15) is 0 Å². The fourth-order valence-corrected chi connectivity index (χ4v) is 6.21. The summed E-state index contributed by atoms with van der Waals surface area (Å²) >= 11 is 1.34. The molecule has 1 aromatic rings. The maximum absolute atomic E-state index is 12.9. The van der Waals surface area contributed by atoms with Crippen molar-refractivity contribution in [3.63, 3.8) is 0 Å². The van der Waals surface area contributed by atoms with Crippen molar-refractivity contribution in [1.82, 2.24) is 0 Å². The summed E-state index contributed by atoms with van der Waals surface area (Å²) < 4.78 is 11.0. The van der Waals surface area contributed by atoms with Crippen LogP contribution in [-0.4, -0.2) is 25.2 Å². The summed E-state index contributed by atoms with van der Waals surface area (Å²) in [4.78, 5) is 25.7. The van der Waals surface area contributed by atoms with Gasteiger partial charge < -0.3 is 9.47 Å². The molecule has 0 amide bonds. The third-order valence-corrected chi connectivity index (χ3v) is 9.23. The highest BCUT2D eigenvalue weighted by atomic mass is 32.2. The van der Waals surface area contributed by atoms with Crippen LogP contribution in [0.2, 0.25) is 0 Å². The Kier molecular flexibility index (Phi) is 28.6. The average Bonchev–Trinajstić information content (AvgIpc) is 3.04. The molecule has 0 bridgehead atoms. The molecule has 0 aromatic heterocycles. The van der Waals surface area contributed by atoms with Gasteiger partial charge in [0, 0.05) is 11.8 Å². The van der Waals surface area contributed by atoms with Gasteiger partial charge in [0.05, 0.1) is 13.2 Å². The van der Waals surface area contributed by atoms with E-state index in [-0.39, 0.29) is 0 Å². The van der Waals surface area contributed by atoms with Crippen molar-refractivity contribution in [1.29, 1.82) is 0 Å². The minimum absolute atomic E-state index is 0.326. The van der Waals surface area contributed by atoms with Crippen LogP contribution in [0.5, 0.6) is 0 Å². The molecule has 5 heteroatoms. The summed E-state index contributed by atoms with van der Waals surface area (Å²) in [5.74, 6) is -0.269. The molecule has 0 heterocycles. The van der Waals surface area contributed by atoms with Gasteiger partial charge in [0.15, 0.2) is 0 Å². The van der Waals surface area contributed by atoms with Gasteiger partial charge in [0.25, 0.3) is 0 Å². The van der Waals surface area contributed by atoms with Crippen molar-refractivity contribution in [3.8, 4) is 0 Å². The highest BCUT2D eigenvalue weighted by molar-refractivity contribution is 8.03. The quantitative estimate of drug-likeness (QED) is 0.0464. The lowest BCUT2D eigenvalue weighted by atomic mass is 10.1. The number of carbonyl (C=O) groups is 2. The molecule has 0 spiro atoms. The molecule has 0 fully saturated rings. The molecule has 0 aliphatic heterocycles. The normalized spacial score (nSPS) is 11.5. The summed E-state index contributed by atoms with van der Waals surface area (Å²) in [5, 5.41) is 0. The van der Waals surface area contributed by atoms with E-state index in [1.54, 1.807) is 0 Å². The number of rotatable bonds is 31. The van der Waals surface area contributed by atoms with Gasteiger partial charge in [-0.25, -0.2) is 9.59 Å². The van der Waals surface area contributed by atoms with Gasteiger partial charge >= 0.3 is 11.9 Å². The molecule has 4 nitrogen and oxygen atoms in total. The monoisotopic (exact) mass is 630 g/mol. The molecule has 0 aliphatic rings. The summed E-state index contributed by atoms with van der Waals surface area (Å²) in [6.45, 7) is 5.32. The molecule has 0 aliphatic carbocycles. The fraction of sp³-hybridized carbons (Fsp3) is 0.744. The number of thioether (sulfide) groups is 1. The zero-order valence-electron chi connectivity index (χ0n) is 28.6. The molecular weight excluding hydrogens is 564 g/mol. The first-order valence-electron chi connectivity index (χ1n) is 18.4. The summed E-state index contributed by atoms with van der Waals surface area (Å²) in [6, 6.07) is 9.98. The van der Waals surface area contributed by atoms with Crippen molar-refractivity contribution in [2.45, 2.75) is 174 Å². The first-order chi connectivity index (χ1) is 21.7. The number of hydrogen-bond acceptors (Lipinski definition) is 5. The van der Waals surface area contributed by atoms with Gasteiger partial charge in [0.2, 0.25) is 0 Å². The predicted octanol–water partition coefficient (Wildman–Crippen LogP) is 12.3. The molecule has 0 unspecified atom stereocenters. The van der Waals surface area contributed by atoms with Crippen molar-refractivity contribution in [3.05, 3.63) is 46.9 Å². The molecule has 0 saturated heterocycles. The molecular formula is C39H66O4S. The van der Waals surface area contributed by atoms with Crippen molar-refractivity contribution in [2.75, 3.05) is 13.2 Å². The minimum atomic E-state index is -0.453. The highest BCUT2D eigenvalue weighted by Crippen LogP contribution is 2.23. The lowest BCUT2D eigenvalue weighted by Crippen LogP contribution is -2.11. The number of ether oxygens (including phenoxy) is 2. The van der Waals surface area contributed by atoms with Crippen LogP contribution >= 0.6 is 11.8 Å². The summed E-state index contributed by atoms with van der Waals surface area (Å²) in [6.07, 6.45) is 31.8. The summed E-state index contributed by atoms with van der Waals surface area (Å²) in [7, 11) is 0. The number of esters is 2. The second-order valence-electron chi connectivity index (χ2n) is 12.4. The van der Waals surface area contributed by atoms with E-state index in [9.17, 15) is 9.59 Å². The van der Waals surface area contributed by atoms with Gasteiger partial charge in [-0.1, -0.05) is 185 Å². The van der Waals surface area contributed by atoms with Crippen molar-refractivity contribution in [2.24, 2.45) is 0 Å². The third kappa shape index (κ3) is 25.6. The first-order valence-corrected chi connectivity index (χ1v) is 19.4. The zero-order valence-corrected chi connectivity index (χ0v) is 29.4. The van der Waals surface area contributed by atoms with Crippen LogP contribution in [0.25, 0.3) is 0 Å². The lowest BCUT2D eigenvalue weighted by Gasteiger charge is -2.09. The smallest absolute Gasteiger partial charge is 0.344 e. The Bertz CT molecular complexity index is 823. The van der Waals surface area contributed by atoms with E-state index < -0.39 is 11.9 Å². The van der Waals surface area contributed by atoms with E-state index in [4.69, 9.17) is 9.47 Å². The van der Waals surface area contributed by atoms with E-state index in [1.165, 1.54) is 146 Å². The largest absolute Gasteiger partial charge is 0.462 e. The maximum atomic E-state index is 12.9. The van der Waals surface area contributed by atoms with Gasteiger partial charge in [-0.05, 0) is 18.4 Å². The van der Waals surface area contributed by atoms with Gasteiger partial charge in [-0.3, -0.25) is 0 Å².